The summed E-state index contributed by atoms with van der Waals surface area (Å²) in [4.78, 5) is 8.03. The van der Waals surface area contributed by atoms with Crippen LogP contribution in [0.25, 0.3) is 0 Å². The van der Waals surface area contributed by atoms with Crippen molar-refractivity contribution in [2.24, 2.45) is 4.99 Å². The minimum absolute atomic E-state index is 0. The average Bonchev–Trinajstić information content (AvgIpc) is 3.22. The molecule has 1 heterocycles. The fourth-order valence-corrected chi connectivity index (χ4v) is 2.91. The molecule has 5 nitrogen and oxygen atoms in total. The van der Waals surface area contributed by atoms with Gasteiger partial charge in [0.1, 0.15) is 5.82 Å². The molecule has 1 aromatic heterocycles. The van der Waals surface area contributed by atoms with Gasteiger partial charge in [-0.25, -0.2) is 9.37 Å². The smallest absolute Gasteiger partial charge is 0.352 e. The van der Waals surface area contributed by atoms with Crippen LogP contribution in [-0.4, -0.2) is 22.6 Å². The van der Waals surface area contributed by atoms with Crippen molar-refractivity contribution in [1.82, 2.24) is 20.2 Å². The molecule has 0 aliphatic rings. The SMILES string of the molecule is CN=C(NCc1ccc(Cn2ccnc2)cc1)NCc1ccc(F)cc1C(F)(F)F.I. The molecule has 0 saturated heterocycles. The molecule has 0 aliphatic carbocycles. The highest BCUT2D eigenvalue weighted by atomic mass is 127. The fourth-order valence-electron chi connectivity index (χ4n) is 2.91. The molecule has 0 saturated carbocycles. The third-order valence-corrected chi connectivity index (χ3v) is 4.45. The second-order valence-electron chi connectivity index (χ2n) is 6.63. The van der Waals surface area contributed by atoms with Gasteiger partial charge >= 0.3 is 6.18 Å². The van der Waals surface area contributed by atoms with E-state index in [-0.39, 0.29) is 36.1 Å². The standard InChI is InChI=1S/C21H21F4N5.HI/c1-26-20(29-12-17-6-7-18(22)10-19(17)21(23,24)25)28-11-15-2-4-16(5-3-15)13-30-9-8-27-14-30;/h2-10,14H,11-13H2,1H3,(H2,26,28,29);1H. The third kappa shape index (κ3) is 7.23. The summed E-state index contributed by atoms with van der Waals surface area (Å²) in [6, 6.07) is 10.6. The number of nitrogens with one attached hydrogen (secondary N) is 2. The molecule has 0 atom stereocenters. The van der Waals surface area contributed by atoms with Crippen LogP contribution in [0, 0.1) is 5.82 Å². The number of halogens is 5. The number of hydrogen-bond acceptors (Lipinski definition) is 2. The van der Waals surface area contributed by atoms with Crippen LogP contribution in [0.1, 0.15) is 22.3 Å². The van der Waals surface area contributed by atoms with Crippen molar-refractivity contribution in [3.8, 4) is 0 Å². The molecule has 2 N–H and O–H groups in total. The predicted octanol–water partition coefficient (Wildman–Crippen LogP) is 4.57. The minimum atomic E-state index is -4.63. The summed E-state index contributed by atoms with van der Waals surface area (Å²) in [5.41, 5.74) is 1.05. The average molecular weight is 547 g/mol. The van der Waals surface area contributed by atoms with Crippen LogP contribution in [0.15, 0.2) is 66.2 Å². The van der Waals surface area contributed by atoms with Gasteiger partial charge in [-0.15, -0.1) is 24.0 Å². The van der Waals surface area contributed by atoms with E-state index in [0.29, 0.717) is 18.6 Å². The number of nitrogens with zero attached hydrogens (tertiary/aromatic N) is 3. The molecule has 166 valence electrons. The summed E-state index contributed by atoms with van der Waals surface area (Å²) in [7, 11) is 1.53. The van der Waals surface area contributed by atoms with E-state index in [1.165, 1.54) is 7.05 Å². The second kappa shape index (κ2) is 11.1. The highest BCUT2D eigenvalue weighted by Crippen LogP contribution is 2.32. The van der Waals surface area contributed by atoms with E-state index in [1.54, 1.807) is 12.5 Å². The van der Waals surface area contributed by atoms with Gasteiger partial charge in [-0.3, -0.25) is 4.99 Å². The van der Waals surface area contributed by atoms with Crippen molar-refractivity contribution in [2.75, 3.05) is 7.05 Å². The molecule has 0 spiro atoms. The largest absolute Gasteiger partial charge is 0.416 e. The van der Waals surface area contributed by atoms with Gasteiger partial charge in [0, 0.05) is 39.1 Å². The Morgan fingerprint density at radius 3 is 2.32 bits per heavy atom. The second-order valence-corrected chi connectivity index (χ2v) is 6.63. The number of aromatic nitrogens is 2. The maximum atomic E-state index is 13.2. The highest BCUT2D eigenvalue weighted by molar-refractivity contribution is 14.0. The van der Waals surface area contributed by atoms with Crippen LogP contribution < -0.4 is 10.6 Å². The number of aliphatic imine (C=N–C) groups is 1. The Hall–Kier alpha value is -2.63. The summed E-state index contributed by atoms with van der Waals surface area (Å²) >= 11 is 0. The summed E-state index contributed by atoms with van der Waals surface area (Å²) in [5, 5.41) is 5.89. The lowest BCUT2D eigenvalue weighted by atomic mass is 10.1. The fraction of sp³-hybridized carbons (Fsp3) is 0.238. The van der Waals surface area contributed by atoms with E-state index in [4.69, 9.17) is 0 Å². The Kier molecular flexibility index (Phi) is 8.84. The van der Waals surface area contributed by atoms with Gasteiger partial charge in [0.15, 0.2) is 5.96 Å². The van der Waals surface area contributed by atoms with Crippen molar-refractivity contribution in [3.63, 3.8) is 0 Å². The Bertz CT molecular complexity index is 986. The van der Waals surface area contributed by atoms with Gasteiger partial charge in [0.25, 0.3) is 0 Å². The molecule has 3 rings (SSSR count). The first-order valence-corrected chi connectivity index (χ1v) is 9.19. The first-order chi connectivity index (χ1) is 14.3. The summed E-state index contributed by atoms with van der Waals surface area (Å²) in [5.74, 6) is -0.583. The van der Waals surface area contributed by atoms with Crippen molar-refractivity contribution in [2.45, 2.75) is 25.8 Å². The first kappa shape index (κ1) is 24.6. The Balaban J connectivity index is 0.00000341. The first-order valence-electron chi connectivity index (χ1n) is 9.19. The van der Waals surface area contributed by atoms with Crippen molar-refractivity contribution in [1.29, 1.82) is 0 Å². The lowest BCUT2D eigenvalue weighted by Gasteiger charge is -2.16. The van der Waals surface area contributed by atoms with E-state index in [1.807, 2.05) is 35.0 Å². The molecule has 0 radical (unpaired) electrons. The van der Waals surface area contributed by atoms with Crippen molar-refractivity contribution >= 4 is 29.9 Å². The van der Waals surface area contributed by atoms with Gasteiger partial charge in [0.2, 0.25) is 0 Å². The van der Waals surface area contributed by atoms with Gasteiger partial charge in [-0.2, -0.15) is 13.2 Å². The molecule has 0 aliphatic heterocycles. The molecular weight excluding hydrogens is 525 g/mol. The molecular formula is C21H22F4IN5. The maximum Gasteiger partial charge on any atom is 0.416 e. The van der Waals surface area contributed by atoms with E-state index in [2.05, 4.69) is 20.6 Å². The van der Waals surface area contributed by atoms with Gasteiger partial charge < -0.3 is 15.2 Å². The maximum absolute atomic E-state index is 13.2. The third-order valence-electron chi connectivity index (χ3n) is 4.45. The molecule has 2 aromatic carbocycles. The van der Waals surface area contributed by atoms with E-state index in [9.17, 15) is 17.6 Å². The number of hydrogen-bond donors (Lipinski definition) is 2. The number of alkyl halides is 3. The van der Waals surface area contributed by atoms with Gasteiger partial charge in [-0.05, 0) is 28.8 Å². The summed E-state index contributed by atoms with van der Waals surface area (Å²) < 4.78 is 54.5. The van der Waals surface area contributed by atoms with E-state index < -0.39 is 17.6 Å². The van der Waals surface area contributed by atoms with Crippen LogP contribution in [0.3, 0.4) is 0 Å². The molecule has 0 unspecified atom stereocenters. The minimum Gasteiger partial charge on any atom is -0.352 e. The molecule has 10 heteroatoms. The Morgan fingerprint density at radius 1 is 1.03 bits per heavy atom. The van der Waals surface area contributed by atoms with Gasteiger partial charge in [-0.1, -0.05) is 30.3 Å². The van der Waals surface area contributed by atoms with Gasteiger partial charge in [0.05, 0.1) is 11.9 Å². The molecule has 3 aromatic rings. The zero-order valence-corrected chi connectivity index (χ0v) is 19.0. The van der Waals surface area contributed by atoms with Crippen molar-refractivity contribution in [3.05, 3.63) is 89.3 Å². The Morgan fingerprint density at radius 2 is 1.71 bits per heavy atom. The number of benzene rings is 2. The van der Waals surface area contributed by atoms with Crippen LogP contribution in [0.2, 0.25) is 0 Å². The van der Waals surface area contributed by atoms with Crippen molar-refractivity contribution < 1.29 is 17.6 Å². The zero-order valence-electron chi connectivity index (χ0n) is 16.7. The molecule has 0 fully saturated rings. The van der Waals surface area contributed by atoms with Crippen LogP contribution >= 0.6 is 24.0 Å². The van der Waals surface area contributed by atoms with Crippen LogP contribution in [-0.2, 0) is 25.8 Å². The summed E-state index contributed by atoms with van der Waals surface area (Å²) in [6.45, 7) is 1.02. The number of guanidine groups is 1. The lowest BCUT2D eigenvalue weighted by molar-refractivity contribution is -0.138. The highest BCUT2D eigenvalue weighted by Gasteiger charge is 2.33. The number of imidazole rings is 1. The Labute approximate surface area is 194 Å². The predicted molar refractivity (Wildman–Crippen MR) is 122 cm³/mol. The zero-order chi connectivity index (χ0) is 21.6. The quantitative estimate of drug-likeness (QED) is 0.206. The summed E-state index contributed by atoms with van der Waals surface area (Å²) in [6.07, 6.45) is 0.724. The van der Waals surface area contributed by atoms with E-state index in [0.717, 1.165) is 29.8 Å². The lowest BCUT2D eigenvalue weighted by Crippen LogP contribution is -2.36. The van der Waals surface area contributed by atoms with Crippen LogP contribution in [0.4, 0.5) is 17.6 Å². The molecule has 31 heavy (non-hydrogen) atoms. The van der Waals surface area contributed by atoms with Crippen LogP contribution in [0.5, 0.6) is 0 Å². The normalized spacial score (nSPS) is 11.7. The monoisotopic (exact) mass is 547 g/mol. The molecule has 0 bridgehead atoms. The van der Waals surface area contributed by atoms with E-state index >= 15 is 0 Å². The molecule has 0 amide bonds. The topological polar surface area (TPSA) is 54.2 Å². The number of rotatable bonds is 6.